The van der Waals surface area contributed by atoms with Crippen LogP contribution in [0.1, 0.15) is 26.5 Å². The number of aromatic nitrogens is 1. The monoisotopic (exact) mass is 307 g/mol. The third-order valence-electron chi connectivity index (χ3n) is 3.10. The molecule has 0 spiro atoms. The van der Waals surface area contributed by atoms with Crippen molar-refractivity contribution < 1.29 is 9.53 Å². The van der Waals surface area contributed by atoms with Gasteiger partial charge in [0.25, 0.3) is 0 Å². The van der Waals surface area contributed by atoms with Crippen molar-refractivity contribution in [3.8, 4) is 0 Å². The minimum atomic E-state index is -0.461. The van der Waals surface area contributed by atoms with Gasteiger partial charge in [-0.1, -0.05) is 18.3 Å². The van der Waals surface area contributed by atoms with Gasteiger partial charge in [0.05, 0.1) is 5.69 Å². The summed E-state index contributed by atoms with van der Waals surface area (Å²) in [6.45, 7) is 8.25. The molecule has 0 aliphatic carbocycles. The summed E-state index contributed by atoms with van der Waals surface area (Å²) in [5, 5.41) is 0. The maximum Gasteiger partial charge on any atom is 0.410 e. The Balaban J connectivity index is 1.89. The molecule has 1 aliphatic heterocycles. The van der Waals surface area contributed by atoms with E-state index in [2.05, 4.69) is 9.88 Å². The lowest BCUT2D eigenvalue weighted by atomic mass is 10.2. The second kappa shape index (κ2) is 6.39. The molecule has 2 rings (SSSR count). The number of pyridine rings is 1. The Bertz CT molecular complexity index is 505. The minimum absolute atomic E-state index is 0.258. The molecule has 0 N–H and O–H groups in total. The fraction of sp³-hybridized carbons (Fsp3) is 0.533. The Kier molecular flexibility index (Phi) is 4.77. The fourth-order valence-corrected chi connectivity index (χ4v) is 2.37. The summed E-state index contributed by atoms with van der Waals surface area (Å²) in [7, 11) is 0. The summed E-state index contributed by atoms with van der Waals surface area (Å²) < 4.78 is 5.38. The predicted molar refractivity (Wildman–Crippen MR) is 85.3 cm³/mol. The van der Waals surface area contributed by atoms with Gasteiger partial charge in [0.1, 0.15) is 10.6 Å². The molecule has 1 aromatic heterocycles. The number of nitrogens with zero attached hydrogens (tertiary/aromatic N) is 3. The van der Waals surface area contributed by atoms with Crippen LogP contribution in [0.3, 0.4) is 0 Å². The van der Waals surface area contributed by atoms with Crippen molar-refractivity contribution in [1.29, 1.82) is 0 Å². The average molecular weight is 307 g/mol. The van der Waals surface area contributed by atoms with Gasteiger partial charge in [-0.3, -0.25) is 4.98 Å². The normalized spacial score (nSPS) is 15.8. The Labute approximate surface area is 130 Å². The number of thiocarbonyl (C=S) groups is 1. The largest absolute Gasteiger partial charge is 0.444 e. The van der Waals surface area contributed by atoms with E-state index in [1.54, 1.807) is 11.1 Å². The Morgan fingerprint density at radius 2 is 1.81 bits per heavy atom. The molecule has 2 heterocycles. The van der Waals surface area contributed by atoms with Crippen LogP contribution in [0, 0.1) is 0 Å². The number of rotatable bonds is 1. The summed E-state index contributed by atoms with van der Waals surface area (Å²) in [6, 6.07) is 5.70. The summed E-state index contributed by atoms with van der Waals surface area (Å²) >= 11 is 5.46. The first-order valence-electron chi connectivity index (χ1n) is 7.05. The molecular weight excluding hydrogens is 286 g/mol. The zero-order valence-corrected chi connectivity index (χ0v) is 13.5. The van der Waals surface area contributed by atoms with E-state index in [4.69, 9.17) is 17.0 Å². The molecule has 5 nitrogen and oxygen atoms in total. The van der Waals surface area contributed by atoms with Crippen molar-refractivity contribution >= 4 is 23.3 Å². The van der Waals surface area contributed by atoms with Crippen molar-refractivity contribution in [2.24, 2.45) is 0 Å². The first kappa shape index (κ1) is 15.7. The number of carbonyl (C=O) groups is 1. The first-order valence-corrected chi connectivity index (χ1v) is 7.46. The van der Waals surface area contributed by atoms with Crippen LogP contribution in [-0.4, -0.2) is 57.6 Å². The molecule has 0 unspecified atom stereocenters. The maximum absolute atomic E-state index is 12.0. The number of hydrogen-bond donors (Lipinski definition) is 0. The summed E-state index contributed by atoms with van der Waals surface area (Å²) in [5.74, 6) is 0. The topological polar surface area (TPSA) is 45.7 Å². The van der Waals surface area contributed by atoms with E-state index in [9.17, 15) is 4.79 Å². The van der Waals surface area contributed by atoms with E-state index in [1.807, 2.05) is 39.0 Å². The van der Waals surface area contributed by atoms with E-state index < -0.39 is 5.60 Å². The van der Waals surface area contributed by atoms with E-state index in [-0.39, 0.29) is 6.09 Å². The smallest absolute Gasteiger partial charge is 0.410 e. The molecule has 1 fully saturated rings. The van der Waals surface area contributed by atoms with Gasteiger partial charge in [0.15, 0.2) is 0 Å². The van der Waals surface area contributed by atoms with Gasteiger partial charge < -0.3 is 14.5 Å². The number of piperazine rings is 1. The summed E-state index contributed by atoms with van der Waals surface area (Å²) in [5.41, 5.74) is 0.343. The van der Waals surface area contributed by atoms with Crippen molar-refractivity contribution in [3.63, 3.8) is 0 Å². The average Bonchev–Trinajstić information content (AvgIpc) is 2.46. The molecule has 0 atom stereocenters. The van der Waals surface area contributed by atoms with Crippen LogP contribution in [0.4, 0.5) is 4.79 Å². The molecule has 6 heteroatoms. The Morgan fingerprint density at radius 1 is 1.19 bits per heavy atom. The van der Waals surface area contributed by atoms with E-state index in [1.165, 1.54) is 0 Å². The van der Waals surface area contributed by atoms with Gasteiger partial charge in [-0.25, -0.2) is 4.79 Å². The molecule has 0 radical (unpaired) electrons. The van der Waals surface area contributed by atoms with Crippen molar-refractivity contribution in [1.82, 2.24) is 14.8 Å². The Hall–Kier alpha value is -1.69. The maximum atomic E-state index is 12.0. The summed E-state index contributed by atoms with van der Waals surface area (Å²) in [6.07, 6.45) is 1.48. The Morgan fingerprint density at radius 3 is 2.33 bits per heavy atom. The van der Waals surface area contributed by atoms with Gasteiger partial charge in [0, 0.05) is 32.4 Å². The second-order valence-electron chi connectivity index (χ2n) is 5.97. The molecule has 21 heavy (non-hydrogen) atoms. The third kappa shape index (κ3) is 4.39. The highest BCUT2D eigenvalue weighted by Gasteiger charge is 2.27. The SMILES string of the molecule is CC(C)(C)OC(=O)N1CCN(C(=S)c2ccccn2)CC1. The van der Waals surface area contributed by atoms with Gasteiger partial charge in [-0.2, -0.15) is 0 Å². The lowest BCUT2D eigenvalue weighted by Crippen LogP contribution is -2.51. The van der Waals surface area contributed by atoms with E-state index in [0.29, 0.717) is 26.2 Å². The number of ether oxygens (including phenoxy) is 1. The first-order chi connectivity index (χ1) is 9.87. The highest BCUT2D eigenvalue weighted by molar-refractivity contribution is 7.80. The highest BCUT2D eigenvalue weighted by atomic mass is 32.1. The van der Waals surface area contributed by atoms with Crippen LogP contribution in [-0.2, 0) is 4.74 Å². The van der Waals surface area contributed by atoms with Gasteiger partial charge >= 0.3 is 6.09 Å². The molecule has 1 aliphatic rings. The number of hydrogen-bond acceptors (Lipinski definition) is 4. The molecule has 114 valence electrons. The minimum Gasteiger partial charge on any atom is -0.444 e. The third-order valence-corrected chi connectivity index (χ3v) is 3.57. The number of carbonyl (C=O) groups excluding carboxylic acids is 1. The van der Waals surface area contributed by atoms with E-state index in [0.717, 1.165) is 10.7 Å². The molecule has 1 saturated heterocycles. The van der Waals surface area contributed by atoms with Crippen LogP contribution < -0.4 is 0 Å². The predicted octanol–water partition coefficient (Wildman–Crippen LogP) is 2.31. The molecule has 0 aromatic carbocycles. The lowest BCUT2D eigenvalue weighted by molar-refractivity contribution is 0.0188. The quantitative estimate of drug-likeness (QED) is 0.745. The van der Waals surface area contributed by atoms with Crippen molar-refractivity contribution in [2.75, 3.05) is 26.2 Å². The van der Waals surface area contributed by atoms with Crippen LogP contribution in [0.25, 0.3) is 0 Å². The standard InChI is InChI=1S/C15H21N3O2S/c1-15(2,3)20-14(19)18-10-8-17(9-11-18)13(21)12-6-4-5-7-16-12/h4-7H,8-11H2,1-3H3. The molecule has 1 amide bonds. The van der Waals surface area contributed by atoms with Gasteiger partial charge in [-0.15, -0.1) is 0 Å². The van der Waals surface area contributed by atoms with Crippen LogP contribution >= 0.6 is 12.2 Å². The van der Waals surface area contributed by atoms with Gasteiger partial charge in [0.2, 0.25) is 0 Å². The molecule has 1 aromatic rings. The van der Waals surface area contributed by atoms with E-state index >= 15 is 0 Å². The molecular formula is C15H21N3O2S. The highest BCUT2D eigenvalue weighted by Crippen LogP contribution is 2.13. The number of amides is 1. The fourth-order valence-electron chi connectivity index (χ4n) is 2.07. The van der Waals surface area contributed by atoms with Crippen LogP contribution in [0.5, 0.6) is 0 Å². The second-order valence-corrected chi connectivity index (χ2v) is 6.36. The summed E-state index contributed by atoms with van der Waals surface area (Å²) in [4.78, 5) is 20.8. The van der Waals surface area contributed by atoms with Gasteiger partial charge in [-0.05, 0) is 32.9 Å². The molecule has 0 saturated carbocycles. The molecule has 0 bridgehead atoms. The lowest BCUT2D eigenvalue weighted by Gasteiger charge is -2.36. The van der Waals surface area contributed by atoms with Crippen LogP contribution in [0.2, 0.25) is 0 Å². The van der Waals surface area contributed by atoms with Crippen molar-refractivity contribution in [3.05, 3.63) is 30.1 Å². The zero-order valence-electron chi connectivity index (χ0n) is 12.7. The van der Waals surface area contributed by atoms with Crippen LogP contribution in [0.15, 0.2) is 24.4 Å². The zero-order chi connectivity index (χ0) is 15.5. The van der Waals surface area contributed by atoms with Crippen molar-refractivity contribution in [2.45, 2.75) is 26.4 Å².